The fourth-order valence-electron chi connectivity index (χ4n) is 5.64. The van der Waals surface area contributed by atoms with Gasteiger partial charge in [-0.3, -0.25) is 4.79 Å². The Morgan fingerprint density at radius 1 is 0.680 bits per heavy atom. The monoisotopic (exact) mass is 710 g/mol. The molecule has 290 valence electrons. The van der Waals surface area contributed by atoms with Crippen LogP contribution in [0, 0.1) is 0 Å². The number of rotatable bonds is 30. The second kappa shape index (κ2) is 30.7. The molecule has 0 aromatic heterocycles. The van der Waals surface area contributed by atoms with Crippen molar-refractivity contribution in [3.8, 4) is 0 Å². The largest absolute Gasteiger partial charge is 0.394 e. The van der Waals surface area contributed by atoms with Crippen LogP contribution in [-0.2, 0) is 14.3 Å². The van der Waals surface area contributed by atoms with Crippen LogP contribution in [0.2, 0.25) is 0 Å². The standard InChI is InChI=1S/C40H71NO9/c1-3-5-7-9-11-13-14-15-16-17-18-19-21-22-24-26-28-33(43)32(31-49-40-38(47)37(46)36(45)35(30-42)50-40)41-39(48)34(44)29-27-25-23-20-12-10-8-6-4-2/h10,12,15-16,19,21,26,28,32-38,40,42-47H,3-9,11,13-14,17-18,20,22-25,27,29-31H2,1-2H3,(H,41,48)/b12-10-,16-15+,21-19+,28-26+. The molecule has 0 aromatic carbocycles. The van der Waals surface area contributed by atoms with Gasteiger partial charge in [0.1, 0.15) is 30.5 Å². The second-order valence-corrected chi connectivity index (χ2v) is 13.5. The average molecular weight is 710 g/mol. The second-order valence-electron chi connectivity index (χ2n) is 13.5. The molecule has 1 amide bonds. The van der Waals surface area contributed by atoms with E-state index in [2.05, 4.69) is 55.6 Å². The summed E-state index contributed by atoms with van der Waals surface area (Å²) in [7, 11) is 0. The maximum absolute atomic E-state index is 12.9. The van der Waals surface area contributed by atoms with Gasteiger partial charge >= 0.3 is 0 Å². The van der Waals surface area contributed by atoms with Crippen LogP contribution < -0.4 is 5.32 Å². The van der Waals surface area contributed by atoms with Gasteiger partial charge in [0.2, 0.25) is 5.91 Å². The van der Waals surface area contributed by atoms with Gasteiger partial charge in [0.25, 0.3) is 0 Å². The van der Waals surface area contributed by atoms with Gasteiger partial charge in [0.05, 0.1) is 25.4 Å². The van der Waals surface area contributed by atoms with E-state index in [-0.39, 0.29) is 13.0 Å². The van der Waals surface area contributed by atoms with E-state index in [1.807, 2.05) is 6.08 Å². The van der Waals surface area contributed by atoms with Gasteiger partial charge in [-0.25, -0.2) is 0 Å². The van der Waals surface area contributed by atoms with Crippen molar-refractivity contribution >= 4 is 5.91 Å². The number of unbranched alkanes of at least 4 members (excludes halogenated alkanes) is 13. The summed E-state index contributed by atoms with van der Waals surface area (Å²) in [5.74, 6) is -0.650. The molecule has 1 saturated heterocycles. The van der Waals surface area contributed by atoms with Crippen molar-refractivity contribution < 1.29 is 44.9 Å². The Hall–Kier alpha value is -1.89. The molecular weight excluding hydrogens is 638 g/mol. The third-order valence-electron chi connectivity index (χ3n) is 8.96. The Kier molecular flexibility index (Phi) is 28.3. The number of aliphatic hydroxyl groups excluding tert-OH is 6. The van der Waals surface area contributed by atoms with Crippen molar-refractivity contribution in [2.24, 2.45) is 0 Å². The zero-order chi connectivity index (χ0) is 36.8. The lowest BCUT2D eigenvalue weighted by Crippen LogP contribution is -2.60. The van der Waals surface area contributed by atoms with Gasteiger partial charge in [-0.15, -0.1) is 0 Å². The van der Waals surface area contributed by atoms with Gasteiger partial charge in [-0.1, -0.05) is 120 Å². The van der Waals surface area contributed by atoms with Crippen molar-refractivity contribution in [3.63, 3.8) is 0 Å². The quantitative estimate of drug-likeness (QED) is 0.0366. The summed E-state index contributed by atoms with van der Waals surface area (Å²) in [5.41, 5.74) is 0. The van der Waals surface area contributed by atoms with Crippen LogP contribution in [0.1, 0.15) is 136 Å². The highest BCUT2D eigenvalue weighted by molar-refractivity contribution is 5.80. The summed E-state index contributed by atoms with van der Waals surface area (Å²) < 4.78 is 11.0. The number of hydrogen-bond donors (Lipinski definition) is 7. The van der Waals surface area contributed by atoms with Crippen LogP contribution >= 0.6 is 0 Å². The summed E-state index contributed by atoms with van der Waals surface area (Å²) in [6, 6.07) is -1.01. The Bertz CT molecular complexity index is 938. The smallest absolute Gasteiger partial charge is 0.249 e. The molecule has 1 rings (SSSR count). The van der Waals surface area contributed by atoms with Crippen molar-refractivity contribution in [2.45, 2.75) is 185 Å². The molecule has 10 nitrogen and oxygen atoms in total. The van der Waals surface area contributed by atoms with E-state index in [1.165, 1.54) is 51.4 Å². The molecule has 7 N–H and O–H groups in total. The third-order valence-corrected chi connectivity index (χ3v) is 8.96. The minimum Gasteiger partial charge on any atom is -0.394 e. The summed E-state index contributed by atoms with van der Waals surface area (Å²) in [6.45, 7) is 3.46. The summed E-state index contributed by atoms with van der Waals surface area (Å²) in [6.07, 6.45) is 26.4. The van der Waals surface area contributed by atoms with Crippen LogP contribution in [0.5, 0.6) is 0 Å². The molecule has 1 heterocycles. The first-order valence-corrected chi connectivity index (χ1v) is 19.5. The highest BCUT2D eigenvalue weighted by Crippen LogP contribution is 2.22. The maximum Gasteiger partial charge on any atom is 0.249 e. The first-order chi connectivity index (χ1) is 24.3. The molecule has 0 bridgehead atoms. The van der Waals surface area contributed by atoms with Gasteiger partial charge < -0.3 is 45.4 Å². The first kappa shape index (κ1) is 46.1. The molecule has 1 aliphatic heterocycles. The Labute approximate surface area is 302 Å². The summed E-state index contributed by atoms with van der Waals surface area (Å²) in [4.78, 5) is 12.9. The fourth-order valence-corrected chi connectivity index (χ4v) is 5.64. The molecule has 8 unspecified atom stereocenters. The highest BCUT2D eigenvalue weighted by atomic mass is 16.7. The number of hydrogen-bond acceptors (Lipinski definition) is 9. The lowest BCUT2D eigenvalue weighted by molar-refractivity contribution is -0.302. The number of ether oxygens (including phenoxy) is 2. The zero-order valence-corrected chi connectivity index (χ0v) is 31.0. The molecule has 10 heteroatoms. The predicted molar refractivity (Wildman–Crippen MR) is 199 cm³/mol. The minimum absolute atomic E-state index is 0.277. The molecule has 1 aliphatic rings. The summed E-state index contributed by atoms with van der Waals surface area (Å²) >= 11 is 0. The van der Waals surface area contributed by atoms with Crippen LogP contribution in [0.25, 0.3) is 0 Å². The van der Waals surface area contributed by atoms with Crippen LogP contribution in [0.4, 0.5) is 0 Å². The van der Waals surface area contributed by atoms with Gasteiger partial charge in [0, 0.05) is 0 Å². The van der Waals surface area contributed by atoms with E-state index in [9.17, 15) is 35.4 Å². The fraction of sp³-hybridized carbons (Fsp3) is 0.775. The molecule has 50 heavy (non-hydrogen) atoms. The average Bonchev–Trinajstić information content (AvgIpc) is 3.11. The Morgan fingerprint density at radius 3 is 1.80 bits per heavy atom. The number of amides is 1. The van der Waals surface area contributed by atoms with Crippen LogP contribution in [0.15, 0.2) is 48.6 Å². The molecule has 8 atom stereocenters. The zero-order valence-electron chi connectivity index (χ0n) is 31.0. The van der Waals surface area contributed by atoms with E-state index in [0.29, 0.717) is 12.8 Å². The maximum atomic E-state index is 12.9. The van der Waals surface area contributed by atoms with Crippen molar-refractivity contribution in [2.75, 3.05) is 13.2 Å². The molecule has 0 radical (unpaired) electrons. The number of allylic oxidation sites excluding steroid dienone is 7. The van der Waals surface area contributed by atoms with Gasteiger partial charge in [0.15, 0.2) is 6.29 Å². The third kappa shape index (κ3) is 21.5. The van der Waals surface area contributed by atoms with Gasteiger partial charge in [-0.2, -0.15) is 0 Å². The summed E-state index contributed by atoms with van der Waals surface area (Å²) in [5, 5.41) is 64.2. The minimum atomic E-state index is -1.62. The van der Waals surface area contributed by atoms with Crippen LogP contribution in [0.3, 0.4) is 0 Å². The first-order valence-electron chi connectivity index (χ1n) is 19.5. The molecule has 0 aromatic rings. The molecular formula is C40H71NO9. The van der Waals surface area contributed by atoms with E-state index >= 15 is 0 Å². The van der Waals surface area contributed by atoms with E-state index in [0.717, 1.165) is 51.4 Å². The molecule has 0 spiro atoms. The topological polar surface area (TPSA) is 169 Å². The predicted octanol–water partition coefficient (Wildman–Crippen LogP) is 5.69. The van der Waals surface area contributed by atoms with Crippen molar-refractivity contribution in [3.05, 3.63) is 48.6 Å². The number of carbonyl (C=O) groups excluding carboxylic acids is 1. The number of aliphatic hydroxyl groups is 6. The van der Waals surface area contributed by atoms with E-state index in [1.54, 1.807) is 6.08 Å². The van der Waals surface area contributed by atoms with Gasteiger partial charge in [-0.05, 0) is 64.2 Å². The lowest BCUT2D eigenvalue weighted by Gasteiger charge is -2.40. The Balaban J connectivity index is 2.58. The van der Waals surface area contributed by atoms with Crippen LogP contribution in [-0.4, -0.2) is 98.7 Å². The lowest BCUT2D eigenvalue weighted by atomic mass is 9.99. The van der Waals surface area contributed by atoms with E-state index < -0.39 is 61.5 Å². The van der Waals surface area contributed by atoms with Crippen molar-refractivity contribution in [1.29, 1.82) is 0 Å². The van der Waals surface area contributed by atoms with E-state index in [4.69, 9.17) is 9.47 Å². The SMILES string of the molecule is CCCC/C=C\CCCCCC(O)C(=O)NC(COC1OC(CO)C(O)C(O)C1O)C(O)/C=C/CC/C=C/CC/C=C/CCCCCCCC. The molecule has 1 fully saturated rings. The highest BCUT2D eigenvalue weighted by Gasteiger charge is 2.44. The number of nitrogens with one attached hydrogen (secondary N) is 1. The number of carbonyl (C=O) groups is 1. The molecule has 0 aliphatic carbocycles. The van der Waals surface area contributed by atoms with Crippen molar-refractivity contribution in [1.82, 2.24) is 5.32 Å². The Morgan fingerprint density at radius 2 is 1.20 bits per heavy atom. The normalized spacial score (nSPS) is 23.4. The molecule has 0 saturated carbocycles.